The summed E-state index contributed by atoms with van der Waals surface area (Å²) in [4.78, 5) is 11.6. The van der Waals surface area contributed by atoms with Crippen LogP contribution in [0.2, 0.25) is 0 Å². The fraction of sp³-hybridized carbons (Fsp3) is 0.267. The maximum absolute atomic E-state index is 13.4. The number of halogens is 2. The summed E-state index contributed by atoms with van der Waals surface area (Å²) in [5.74, 6) is -2.34. The van der Waals surface area contributed by atoms with Crippen LogP contribution in [0.4, 0.5) is 8.78 Å². The van der Waals surface area contributed by atoms with Crippen molar-refractivity contribution in [1.82, 2.24) is 4.57 Å². The number of benzene rings is 1. The first-order valence-electron chi connectivity index (χ1n) is 6.43. The van der Waals surface area contributed by atoms with Crippen molar-refractivity contribution in [2.45, 2.75) is 25.8 Å². The molecule has 2 N–H and O–H groups in total. The molecule has 5 heteroatoms. The third-order valence-corrected chi connectivity index (χ3v) is 3.89. The summed E-state index contributed by atoms with van der Waals surface area (Å²) in [6, 6.07) is 3.88. The van der Waals surface area contributed by atoms with Crippen LogP contribution in [-0.4, -0.2) is 10.5 Å². The molecular weight excluding hydrogens is 262 g/mol. The second-order valence-electron chi connectivity index (χ2n) is 5.14. The van der Waals surface area contributed by atoms with Crippen molar-refractivity contribution >= 4 is 5.91 Å². The smallest absolute Gasteiger partial charge is 0.250 e. The van der Waals surface area contributed by atoms with Crippen molar-refractivity contribution in [3.05, 3.63) is 58.4 Å². The Morgan fingerprint density at radius 2 is 2.10 bits per heavy atom. The highest BCUT2D eigenvalue weighted by atomic mass is 19.2. The van der Waals surface area contributed by atoms with Gasteiger partial charge in [0, 0.05) is 24.4 Å². The second kappa shape index (κ2) is 4.44. The molecule has 0 spiro atoms. The van der Waals surface area contributed by atoms with Gasteiger partial charge in [0.25, 0.3) is 5.91 Å². The Hall–Kier alpha value is -2.17. The minimum atomic E-state index is -0.871. The summed E-state index contributed by atoms with van der Waals surface area (Å²) in [6.45, 7) is 2.57. The summed E-state index contributed by atoms with van der Waals surface area (Å²) in [6.07, 6.45) is 2.64. The predicted molar refractivity (Wildman–Crippen MR) is 70.5 cm³/mol. The number of nitrogens with two attached hydrogens (primary N) is 1. The highest BCUT2D eigenvalue weighted by molar-refractivity contribution is 5.96. The molecule has 0 bridgehead atoms. The van der Waals surface area contributed by atoms with E-state index in [0.29, 0.717) is 11.1 Å². The van der Waals surface area contributed by atoms with Crippen molar-refractivity contribution in [3.63, 3.8) is 0 Å². The van der Waals surface area contributed by atoms with E-state index < -0.39 is 17.5 Å². The third-order valence-electron chi connectivity index (χ3n) is 3.89. The van der Waals surface area contributed by atoms with E-state index >= 15 is 0 Å². The number of carbonyl (C=O) groups is 1. The first-order valence-corrected chi connectivity index (χ1v) is 6.43. The molecule has 1 aromatic carbocycles. The molecule has 3 nitrogen and oxygen atoms in total. The standard InChI is InChI=1S/C15H14F2N2O/c1-8-7-19-5-4-10(14(19)13(8)15(18)20)9-2-3-11(16)12(17)6-9/h2-3,6-7,10H,4-5H2,1H3,(H2,18,20). The van der Waals surface area contributed by atoms with Crippen molar-refractivity contribution in [2.24, 2.45) is 5.73 Å². The number of rotatable bonds is 2. The average Bonchev–Trinajstić information content (AvgIpc) is 2.90. The number of nitrogens with zero attached hydrogens (tertiary/aromatic N) is 1. The zero-order valence-electron chi connectivity index (χ0n) is 11.0. The van der Waals surface area contributed by atoms with Gasteiger partial charge >= 0.3 is 0 Å². The maximum atomic E-state index is 13.4. The molecule has 1 aliphatic rings. The van der Waals surface area contributed by atoms with Crippen LogP contribution < -0.4 is 5.73 Å². The van der Waals surface area contributed by atoms with Gasteiger partial charge in [-0.1, -0.05) is 6.07 Å². The number of hydrogen-bond acceptors (Lipinski definition) is 1. The van der Waals surface area contributed by atoms with Gasteiger partial charge in [0.1, 0.15) is 0 Å². The zero-order chi connectivity index (χ0) is 14.4. The van der Waals surface area contributed by atoms with Gasteiger partial charge < -0.3 is 10.3 Å². The second-order valence-corrected chi connectivity index (χ2v) is 5.14. The van der Waals surface area contributed by atoms with E-state index in [1.807, 2.05) is 17.7 Å². The lowest BCUT2D eigenvalue weighted by Gasteiger charge is -2.12. The summed E-state index contributed by atoms with van der Waals surface area (Å²) >= 11 is 0. The topological polar surface area (TPSA) is 48.0 Å². The Bertz CT molecular complexity index is 706. The fourth-order valence-corrected chi connectivity index (χ4v) is 3.05. The van der Waals surface area contributed by atoms with Gasteiger partial charge in [0.05, 0.1) is 5.56 Å². The number of hydrogen-bond donors (Lipinski definition) is 1. The monoisotopic (exact) mass is 276 g/mol. The Morgan fingerprint density at radius 3 is 2.75 bits per heavy atom. The number of aryl methyl sites for hydroxylation is 2. The van der Waals surface area contributed by atoms with Gasteiger partial charge in [-0.05, 0) is 36.6 Å². The number of primary amides is 1. The first kappa shape index (κ1) is 12.8. The van der Waals surface area contributed by atoms with E-state index in [1.54, 1.807) is 6.07 Å². The fourth-order valence-electron chi connectivity index (χ4n) is 3.05. The van der Waals surface area contributed by atoms with Gasteiger partial charge in [-0.25, -0.2) is 8.78 Å². The summed E-state index contributed by atoms with van der Waals surface area (Å²) in [5, 5.41) is 0. The normalized spacial score (nSPS) is 17.2. The van der Waals surface area contributed by atoms with E-state index in [4.69, 9.17) is 5.73 Å². The van der Waals surface area contributed by atoms with Crippen LogP contribution in [0.1, 0.15) is 39.5 Å². The molecule has 1 aliphatic heterocycles. The predicted octanol–water partition coefficient (Wildman–Crippen LogP) is 2.71. The zero-order valence-corrected chi connectivity index (χ0v) is 11.0. The molecule has 2 heterocycles. The number of aromatic nitrogens is 1. The first-order chi connectivity index (χ1) is 9.49. The quantitative estimate of drug-likeness (QED) is 0.900. The van der Waals surface area contributed by atoms with Gasteiger partial charge in [0.15, 0.2) is 11.6 Å². The van der Waals surface area contributed by atoms with Gasteiger partial charge in [-0.2, -0.15) is 0 Å². The lowest BCUT2D eigenvalue weighted by Crippen LogP contribution is -2.15. The highest BCUT2D eigenvalue weighted by Crippen LogP contribution is 2.38. The van der Waals surface area contributed by atoms with Crippen LogP contribution >= 0.6 is 0 Å². The van der Waals surface area contributed by atoms with Crippen molar-refractivity contribution in [1.29, 1.82) is 0 Å². The SMILES string of the molecule is Cc1cn2c(c1C(N)=O)C(c1ccc(F)c(F)c1)CC2. The maximum Gasteiger partial charge on any atom is 0.250 e. The lowest BCUT2D eigenvalue weighted by atomic mass is 9.91. The van der Waals surface area contributed by atoms with E-state index in [0.717, 1.165) is 30.3 Å². The Kier molecular flexibility index (Phi) is 2.85. The van der Waals surface area contributed by atoms with E-state index in [2.05, 4.69) is 0 Å². The van der Waals surface area contributed by atoms with Crippen LogP contribution in [-0.2, 0) is 6.54 Å². The molecule has 1 atom stereocenters. The van der Waals surface area contributed by atoms with Crippen LogP contribution in [0.15, 0.2) is 24.4 Å². The van der Waals surface area contributed by atoms with Crippen molar-refractivity contribution < 1.29 is 13.6 Å². The van der Waals surface area contributed by atoms with Crippen molar-refractivity contribution in [2.75, 3.05) is 0 Å². The Morgan fingerprint density at radius 1 is 1.35 bits per heavy atom. The molecule has 0 fully saturated rings. The molecule has 0 radical (unpaired) electrons. The van der Waals surface area contributed by atoms with Gasteiger partial charge in [-0.15, -0.1) is 0 Å². The third kappa shape index (κ3) is 1.81. The van der Waals surface area contributed by atoms with Gasteiger partial charge in [0.2, 0.25) is 0 Å². The van der Waals surface area contributed by atoms with E-state index in [-0.39, 0.29) is 5.92 Å². The molecule has 0 saturated heterocycles. The summed E-state index contributed by atoms with van der Waals surface area (Å²) in [7, 11) is 0. The minimum absolute atomic E-state index is 0.124. The van der Waals surface area contributed by atoms with Crippen molar-refractivity contribution in [3.8, 4) is 0 Å². The van der Waals surface area contributed by atoms with E-state index in [1.165, 1.54) is 6.07 Å². The largest absolute Gasteiger partial charge is 0.366 e. The lowest BCUT2D eigenvalue weighted by molar-refractivity contribution is 0.0999. The Labute approximate surface area is 115 Å². The summed E-state index contributed by atoms with van der Waals surface area (Å²) in [5.41, 5.74) is 8.23. The highest BCUT2D eigenvalue weighted by Gasteiger charge is 2.31. The summed E-state index contributed by atoms with van der Waals surface area (Å²) < 4.78 is 28.4. The molecule has 3 rings (SSSR count). The molecule has 0 aliphatic carbocycles. The molecule has 1 unspecified atom stereocenters. The number of carbonyl (C=O) groups excluding carboxylic acids is 1. The molecule has 2 aromatic rings. The molecular formula is C15H14F2N2O. The van der Waals surface area contributed by atoms with E-state index in [9.17, 15) is 13.6 Å². The molecule has 0 saturated carbocycles. The van der Waals surface area contributed by atoms with Crippen LogP contribution in [0.5, 0.6) is 0 Å². The van der Waals surface area contributed by atoms with Crippen LogP contribution in [0.3, 0.4) is 0 Å². The van der Waals surface area contributed by atoms with Crippen LogP contribution in [0.25, 0.3) is 0 Å². The number of fused-ring (bicyclic) bond motifs is 1. The molecule has 20 heavy (non-hydrogen) atoms. The molecule has 1 aromatic heterocycles. The molecule has 1 amide bonds. The van der Waals surface area contributed by atoms with Crippen LogP contribution in [0, 0.1) is 18.6 Å². The van der Waals surface area contributed by atoms with Gasteiger partial charge in [-0.3, -0.25) is 4.79 Å². The number of amides is 1. The Balaban J connectivity index is 2.12. The average molecular weight is 276 g/mol. The minimum Gasteiger partial charge on any atom is -0.366 e. The molecule has 104 valence electrons.